The molecule has 1 unspecified atom stereocenters. The molecule has 0 radical (unpaired) electrons. The van der Waals surface area contributed by atoms with E-state index in [9.17, 15) is 19.1 Å². The van der Waals surface area contributed by atoms with Crippen LogP contribution >= 0.6 is 0 Å². The van der Waals surface area contributed by atoms with Gasteiger partial charge >= 0.3 is 0 Å². The molecule has 5 heteroatoms. The lowest BCUT2D eigenvalue weighted by molar-refractivity contribution is -0.119. The first-order chi connectivity index (χ1) is 12.3. The lowest BCUT2D eigenvalue weighted by Gasteiger charge is -2.28. The standard InChI is InChI=1S/C21H20FNO3/c1-12(2)19(24)17-18(16-10-5-4-7-13(16)3)23(21(26)20(17)25)15-9-6-8-14(22)11-15/h4-12,18,25H,1-3H3. The maximum absolute atomic E-state index is 13.8. The summed E-state index contributed by atoms with van der Waals surface area (Å²) in [4.78, 5) is 26.9. The molecule has 3 rings (SSSR count). The van der Waals surface area contributed by atoms with Crippen molar-refractivity contribution in [2.45, 2.75) is 26.8 Å². The number of aryl methyl sites for hydroxylation is 1. The number of aliphatic hydroxyl groups is 1. The second-order valence-corrected chi connectivity index (χ2v) is 6.70. The van der Waals surface area contributed by atoms with Crippen LogP contribution in [0.1, 0.15) is 31.0 Å². The number of amides is 1. The molecule has 1 aliphatic rings. The molecule has 134 valence electrons. The quantitative estimate of drug-likeness (QED) is 0.893. The summed E-state index contributed by atoms with van der Waals surface area (Å²) < 4.78 is 13.8. The van der Waals surface area contributed by atoms with E-state index < -0.39 is 23.5 Å². The summed E-state index contributed by atoms with van der Waals surface area (Å²) in [6, 6.07) is 12.1. The zero-order valence-corrected chi connectivity index (χ0v) is 14.9. The average molecular weight is 353 g/mol. The highest BCUT2D eigenvalue weighted by Gasteiger charge is 2.45. The molecule has 4 nitrogen and oxygen atoms in total. The number of halogens is 1. The summed E-state index contributed by atoms with van der Waals surface area (Å²) >= 11 is 0. The minimum atomic E-state index is -0.791. The van der Waals surface area contributed by atoms with Gasteiger partial charge in [-0.2, -0.15) is 0 Å². The molecule has 0 fully saturated rings. The van der Waals surface area contributed by atoms with Crippen molar-refractivity contribution in [1.29, 1.82) is 0 Å². The number of ketones is 1. The van der Waals surface area contributed by atoms with Crippen molar-refractivity contribution in [3.05, 3.63) is 76.8 Å². The van der Waals surface area contributed by atoms with Crippen molar-refractivity contribution in [2.24, 2.45) is 5.92 Å². The number of nitrogens with zero attached hydrogens (tertiary/aromatic N) is 1. The van der Waals surface area contributed by atoms with Gasteiger partial charge in [-0.25, -0.2) is 4.39 Å². The molecular weight excluding hydrogens is 333 g/mol. The van der Waals surface area contributed by atoms with Gasteiger partial charge in [0.2, 0.25) is 0 Å². The molecule has 0 saturated heterocycles. The predicted molar refractivity (Wildman–Crippen MR) is 97.3 cm³/mol. The van der Waals surface area contributed by atoms with Crippen LogP contribution in [0.5, 0.6) is 0 Å². The van der Waals surface area contributed by atoms with Crippen LogP contribution in [0.2, 0.25) is 0 Å². The van der Waals surface area contributed by atoms with Gasteiger partial charge in [0.15, 0.2) is 11.5 Å². The fourth-order valence-electron chi connectivity index (χ4n) is 3.25. The van der Waals surface area contributed by atoms with E-state index in [0.717, 1.165) is 11.1 Å². The fraction of sp³-hybridized carbons (Fsp3) is 0.238. The predicted octanol–water partition coefficient (Wildman–Crippen LogP) is 4.26. The molecule has 1 heterocycles. The van der Waals surface area contributed by atoms with Gasteiger partial charge in [-0.1, -0.05) is 44.2 Å². The van der Waals surface area contributed by atoms with Gasteiger partial charge in [-0.15, -0.1) is 0 Å². The van der Waals surface area contributed by atoms with Crippen LogP contribution in [0, 0.1) is 18.7 Å². The van der Waals surface area contributed by atoms with E-state index in [1.54, 1.807) is 19.9 Å². The molecule has 1 amide bonds. The Hall–Kier alpha value is -2.95. The SMILES string of the molecule is Cc1ccccc1C1C(C(=O)C(C)C)=C(O)C(=O)N1c1cccc(F)c1. The van der Waals surface area contributed by atoms with E-state index >= 15 is 0 Å². The number of benzene rings is 2. The van der Waals surface area contributed by atoms with Crippen LogP contribution in [0.25, 0.3) is 0 Å². The normalized spacial score (nSPS) is 17.3. The van der Waals surface area contributed by atoms with Crippen LogP contribution in [0.15, 0.2) is 59.9 Å². The zero-order valence-electron chi connectivity index (χ0n) is 14.9. The van der Waals surface area contributed by atoms with Gasteiger partial charge in [-0.05, 0) is 36.2 Å². The van der Waals surface area contributed by atoms with Gasteiger partial charge in [0.25, 0.3) is 5.91 Å². The maximum Gasteiger partial charge on any atom is 0.294 e. The maximum atomic E-state index is 13.8. The van der Waals surface area contributed by atoms with E-state index in [2.05, 4.69) is 0 Å². The number of hydrogen-bond donors (Lipinski definition) is 1. The summed E-state index contributed by atoms with van der Waals surface area (Å²) in [5.74, 6) is -2.46. The van der Waals surface area contributed by atoms with Crippen molar-refractivity contribution >= 4 is 17.4 Å². The summed E-state index contributed by atoms with van der Waals surface area (Å²) in [5.41, 5.74) is 1.94. The van der Waals surface area contributed by atoms with Gasteiger partial charge in [0, 0.05) is 11.6 Å². The van der Waals surface area contributed by atoms with Crippen molar-refractivity contribution < 1.29 is 19.1 Å². The first-order valence-corrected chi connectivity index (χ1v) is 8.45. The summed E-state index contributed by atoms with van der Waals surface area (Å²) in [6.45, 7) is 5.30. The smallest absolute Gasteiger partial charge is 0.294 e. The molecule has 2 aromatic carbocycles. The molecule has 2 aromatic rings. The third-order valence-electron chi connectivity index (χ3n) is 4.57. The van der Waals surface area contributed by atoms with Gasteiger partial charge in [-0.3, -0.25) is 14.5 Å². The number of Topliss-reactive ketones (excluding diaryl/α,β-unsaturated/α-hetero) is 1. The number of hydrogen-bond acceptors (Lipinski definition) is 3. The highest BCUT2D eigenvalue weighted by atomic mass is 19.1. The van der Waals surface area contributed by atoms with Crippen molar-refractivity contribution in [2.75, 3.05) is 4.90 Å². The first kappa shape index (κ1) is 17.9. The van der Waals surface area contributed by atoms with Gasteiger partial charge in [0.05, 0.1) is 11.6 Å². The Morgan fingerprint density at radius 1 is 1.15 bits per heavy atom. The number of aliphatic hydroxyl groups excluding tert-OH is 1. The highest BCUT2D eigenvalue weighted by Crippen LogP contribution is 2.42. The Bertz CT molecular complexity index is 917. The summed E-state index contributed by atoms with van der Waals surface area (Å²) in [6.07, 6.45) is 0. The Labute approximate surface area is 151 Å². The molecule has 0 saturated carbocycles. The van der Waals surface area contributed by atoms with Crippen molar-refractivity contribution in [1.82, 2.24) is 0 Å². The third-order valence-corrected chi connectivity index (χ3v) is 4.57. The van der Waals surface area contributed by atoms with Crippen molar-refractivity contribution in [3.8, 4) is 0 Å². The van der Waals surface area contributed by atoms with Gasteiger partial charge in [0.1, 0.15) is 5.82 Å². The largest absolute Gasteiger partial charge is 0.503 e. The Kier molecular flexibility index (Phi) is 4.64. The van der Waals surface area contributed by atoms with E-state index in [1.807, 2.05) is 31.2 Å². The lowest BCUT2D eigenvalue weighted by atomic mass is 9.89. The fourth-order valence-corrected chi connectivity index (χ4v) is 3.25. The average Bonchev–Trinajstić information content (AvgIpc) is 2.86. The zero-order chi connectivity index (χ0) is 19.0. The monoisotopic (exact) mass is 353 g/mol. The van der Waals surface area contributed by atoms with Crippen LogP contribution in [0.3, 0.4) is 0 Å². The molecule has 1 N–H and O–H groups in total. The first-order valence-electron chi connectivity index (χ1n) is 8.45. The number of rotatable bonds is 4. The topological polar surface area (TPSA) is 57.6 Å². The van der Waals surface area contributed by atoms with Gasteiger partial charge < -0.3 is 5.11 Å². The van der Waals surface area contributed by atoms with E-state index in [1.165, 1.54) is 23.1 Å². The van der Waals surface area contributed by atoms with E-state index in [4.69, 9.17) is 0 Å². The van der Waals surface area contributed by atoms with Crippen LogP contribution < -0.4 is 4.90 Å². The molecule has 1 atom stereocenters. The Morgan fingerprint density at radius 2 is 1.85 bits per heavy atom. The van der Waals surface area contributed by atoms with Crippen LogP contribution in [0.4, 0.5) is 10.1 Å². The lowest BCUT2D eigenvalue weighted by Crippen LogP contribution is -2.32. The van der Waals surface area contributed by atoms with E-state index in [-0.39, 0.29) is 17.3 Å². The summed E-state index contributed by atoms with van der Waals surface area (Å²) in [5, 5.41) is 10.5. The van der Waals surface area contributed by atoms with Crippen LogP contribution in [-0.2, 0) is 9.59 Å². The summed E-state index contributed by atoms with van der Waals surface area (Å²) in [7, 11) is 0. The molecule has 26 heavy (non-hydrogen) atoms. The number of carbonyl (C=O) groups excluding carboxylic acids is 2. The second-order valence-electron chi connectivity index (χ2n) is 6.70. The minimum Gasteiger partial charge on any atom is -0.503 e. The molecule has 0 aliphatic carbocycles. The molecule has 0 bridgehead atoms. The minimum absolute atomic E-state index is 0.0589. The molecular formula is C21H20FNO3. The second kappa shape index (κ2) is 6.75. The Morgan fingerprint density at radius 3 is 2.46 bits per heavy atom. The molecule has 0 aromatic heterocycles. The Balaban J connectivity index is 2.23. The number of carbonyl (C=O) groups is 2. The van der Waals surface area contributed by atoms with E-state index in [0.29, 0.717) is 5.69 Å². The van der Waals surface area contributed by atoms with Crippen LogP contribution in [-0.4, -0.2) is 16.8 Å². The third kappa shape index (κ3) is 2.90. The van der Waals surface area contributed by atoms with Crippen molar-refractivity contribution in [3.63, 3.8) is 0 Å². The molecule has 0 spiro atoms. The number of anilines is 1. The molecule has 1 aliphatic heterocycles. The highest BCUT2D eigenvalue weighted by molar-refractivity contribution is 6.16.